The van der Waals surface area contributed by atoms with Gasteiger partial charge in [0, 0.05) is 6.42 Å². The number of carbonyl (C=O) groups excluding carboxylic acids is 1. The fourth-order valence-corrected chi connectivity index (χ4v) is 1.96. The van der Waals surface area contributed by atoms with Crippen LogP contribution in [-0.4, -0.2) is 23.0 Å². The van der Waals surface area contributed by atoms with Crippen molar-refractivity contribution in [3.8, 4) is 0 Å². The molecule has 1 aliphatic carbocycles. The van der Waals surface area contributed by atoms with E-state index in [9.17, 15) is 9.59 Å². The van der Waals surface area contributed by atoms with Crippen LogP contribution in [-0.2, 0) is 11.2 Å². The Kier molecular flexibility index (Phi) is 3.69. The summed E-state index contributed by atoms with van der Waals surface area (Å²) in [6.45, 7) is 1.88. The number of amides is 1. The van der Waals surface area contributed by atoms with E-state index < -0.39 is 12.0 Å². The van der Waals surface area contributed by atoms with Crippen LogP contribution in [0, 0.1) is 5.92 Å². The van der Waals surface area contributed by atoms with Crippen molar-refractivity contribution in [3.05, 3.63) is 23.7 Å². The third-order valence-electron chi connectivity index (χ3n) is 3.18. The molecule has 5 heteroatoms. The van der Waals surface area contributed by atoms with Crippen molar-refractivity contribution in [2.75, 3.05) is 0 Å². The highest BCUT2D eigenvalue weighted by Gasteiger charge is 2.30. The van der Waals surface area contributed by atoms with Crippen molar-refractivity contribution < 1.29 is 19.1 Å². The molecule has 1 unspecified atom stereocenters. The smallest absolute Gasteiger partial charge is 0.326 e. The molecule has 1 fully saturated rings. The lowest BCUT2D eigenvalue weighted by Crippen LogP contribution is -2.41. The molecule has 1 amide bonds. The lowest BCUT2D eigenvalue weighted by atomic mass is 10.1. The van der Waals surface area contributed by atoms with E-state index in [1.165, 1.54) is 6.26 Å². The zero-order valence-corrected chi connectivity index (χ0v) is 10.3. The van der Waals surface area contributed by atoms with Gasteiger partial charge in [-0.1, -0.05) is 19.8 Å². The van der Waals surface area contributed by atoms with E-state index in [0.717, 1.165) is 12.8 Å². The zero-order chi connectivity index (χ0) is 13.1. The standard InChI is InChI=1S/C13H17NO4/c1-2-11-9(5-6-18-11)12(15)14-10(13(16)17)7-8-3-4-8/h5-6,8,10H,2-4,7H2,1H3,(H,14,15)(H,16,17). The van der Waals surface area contributed by atoms with Crippen LogP contribution >= 0.6 is 0 Å². The maximum Gasteiger partial charge on any atom is 0.326 e. The minimum atomic E-state index is -0.975. The number of hydrogen-bond donors (Lipinski definition) is 2. The summed E-state index contributed by atoms with van der Waals surface area (Å²) < 4.78 is 5.16. The van der Waals surface area contributed by atoms with E-state index >= 15 is 0 Å². The third-order valence-corrected chi connectivity index (χ3v) is 3.18. The molecule has 0 bridgehead atoms. The maximum atomic E-state index is 12.0. The number of carbonyl (C=O) groups is 2. The molecule has 1 aromatic rings. The summed E-state index contributed by atoms with van der Waals surface area (Å²) in [5.74, 6) is -0.310. The number of furan rings is 1. The predicted molar refractivity (Wildman–Crippen MR) is 64.3 cm³/mol. The van der Waals surface area contributed by atoms with Crippen molar-refractivity contribution in [3.63, 3.8) is 0 Å². The fraction of sp³-hybridized carbons (Fsp3) is 0.538. The van der Waals surface area contributed by atoms with Gasteiger partial charge in [-0.25, -0.2) is 4.79 Å². The van der Waals surface area contributed by atoms with Crippen LogP contribution < -0.4 is 5.32 Å². The van der Waals surface area contributed by atoms with Gasteiger partial charge < -0.3 is 14.8 Å². The van der Waals surface area contributed by atoms with E-state index in [1.54, 1.807) is 6.07 Å². The van der Waals surface area contributed by atoms with Crippen LogP contribution in [0.2, 0.25) is 0 Å². The van der Waals surface area contributed by atoms with Gasteiger partial charge >= 0.3 is 5.97 Å². The summed E-state index contributed by atoms with van der Waals surface area (Å²) in [6.07, 6.45) is 4.69. The summed E-state index contributed by atoms with van der Waals surface area (Å²) in [5, 5.41) is 11.7. The summed E-state index contributed by atoms with van der Waals surface area (Å²) in [7, 11) is 0. The van der Waals surface area contributed by atoms with Gasteiger partial charge in [0.15, 0.2) is 0 Å². The summed E-state index contributed by atoms with van der Waals surface area (Å²) in [6, 6.07) is 0.772. The van der Waals surface area contributed by atoms with Crippen molar-refractivity contribution in [1.29, 1.82) is 0 Å². The molecule has 2 rings (SSSR count). The normalized spacial score (nSPS) is 16.3. The lowest BCUT2D eigenvalue weighted by Gasteiger charge is -2.13. The lowest BCUT2D eigenvalue weighted by molar-refractivity contribution is -0.139. The molecule has 1 atom stereocenters. The van der Waals surface area contributed by atoms with Crippen molar-refractivity contribution in [2.24, 2.45) is 5.92 Å². The summed E-state index contributed by atoms with van der Waals surface area (Å²) in [5.41, 5.74) is 0.430. The molecular weight excluding hydrogens is 234 g/mol. The molecule has 2 N–H and O–H groups in total. The monoisotopic (exact) mass is 251 g/mol. The van der Waals surface area contributed by atoms with Crippen molar-refractivity contribution in [2.45, 2.75) is 38.6 Å². The average molecular weight is 251 g/mol. The highest BCUT2D eigenvalue weighted by atomic mass is 16.4. The molecule has 0 saturated heterocycles. The van der Waals surface area contributed by atoms with Gasteiger partial charge in [0.2, 0.25) is 0 Å². The van der Waals surface area contributed by atoms with Gasteiger partial charge in [0.1, 0.15) is 11.8 Å². The van der Waals surface area contributed by atoms with E-state index in [2.05, 4.69) is 5.32 Å². The minimum Gasteiger partial charge on any atom is -0.480 e. The summed E-state index contributed by atoms with van der Waals surface area (Å²) >= 11 is 0. The van der Waals surface area contributed by atoms with Crippen LogP contribution in [0.5, 0.6) is 0 Å². The number of aliphatic carboxylic acids is 1. The first-order chi connectivity index (χ1) is 8.61. The summed E-state index contributed by atoms with van der Waals surface area (Å²) in [4.78, 5) is 23.1. The van der Waals surface area contributed by atoms with Gasteiger partial charge in [0.25, 0.3) is 5.91 Å². The van der Waals surface area contributed by atoms with Gasteiger partial charge in [0.05, 0.1) is 11.8 Å². The first-order valence-electron chi connectivity index (χ1n) is 6.21. The molecule has 98 valence electrons. The van der Waals surface area contributed by atoms with E-state index in [4.69, 9.17) is 9.52 Å². The fourth-order valence-electron chi connectivity index (χ4n) is 1.96. The third kappa shape index (κ3) is 2.91. The van der Waals surface area contributed by atoms with Gasteiger partial charge in [-0.15, -0.1) is 0 Å². The number of carboxylic acid groups (broad SMARTS) is 1. The number of nitrogens with one attached hydrogen (secondary N) is 1. The van der Waals surface area contributed by atoms with Crippen LogP contribution in [0.3, 0.4) is 0 Å². The average Bonchev–Trinajstić information content (AvgIpc) is 3.02. The quantitative estimate of drug-likeness (QED) is 0.808. The molecular formula is C13H17NO4. The molecule has 0 aromatic carbocycles. The minimum absolute atomic E-state index is 0.367. The molecule has 0 spiro atoms. The van der Waals surface area contributed by atoms with Crippen LogP contribution in [0.15, 0.2) is 16.7 Å². The second kappa shape index (κ2) is 5.25. The Bertz CT molecular complexity index is 448. The molecule has 5 nitrogen and oxygen atoms in total. The molecule has 1 saturated carbocycles. The Morgan fingerprint density at radius 1 is 1.56 bits per heavy atom. The largest absolute Gasteiger partial charge is 0.480 e. The first kappa shape index (κ1) is 12.7. The van der Waals surface area contributed by atoms with E-state index in [-0.39, 0.29) is 5.91 Å². The number of carboxylic acids is 1. The second-order valence-corrected chi connectivity index (χ2v) is 4.65. The molecule has 1 aromatic heterocycles. The molecule has 1 aliphatic rings. The number of hydrogen-bond acceptors (Lipinski definition) is 3. The van der Waals surface area contributed by atoms with Crippen molar-refractivity contribution >= 4 is 11.9 Å². The second-order valence-electron chi connectivity index (χ2n) is 4.65. The Hall–Kier alpha value is -1.78. The van der Waals surface area contributed by atoms with Gasteiger partial charge in [-0.2, -0.15) is 0 Å². The highest BCUT2D eigenvalue weighted by molar-refractivity contribution is 5.97. The van der Waals surface area contributed by atoms with E-state index in [0.29, 0.717) is 30.1 Å². The Morgan fingerprint density at radius 2 is 2.28 bits per heavy atom. The number of rotatable bonds is 6. The first-order valence-corrected chi connectivity index (χ1v) is 6.21. The SMILES string of the molecule is CCc1occc1C(=O)NC(CC1CC1)C(=O)O. The zero-order valence-electron chi connectivity index (χ0n) is 10.3. The Balaban J connectivity index is 2.01. The Morgan fingerprint density at radius 3 is 2.83 bits per heavy atom. The van der Waals surface area contributed by atoms with E-state index in [1.807, 2.05) is 6.92 Å². The highest BCUT2D eigenvalue weighted by Crippen LogP contribution is 2.33. The predicted octanol–water partition coefficient (Wildman–Crippen LogP) is 1.83. The number of aryl methyl sites for hydroxylation is 1. The molecule has 18 heavy (non-hydrogen) atoms. The van der Waals surface area contributed by atoms with Crippen LogP contribution in [0.4, 0.5) is 0 Å². The van der Waals surface area contributed by atoms with Gasteiger partial charge in [-0.05, 0) is 18.4 Å². The molecule has 0 radical (unpaired) electrons. The van der Waals surface area contributed by atoms with Crippen LogP contribution in [0.1, 0.15) is 42.3 Å². The topological polar surface area (TPSA) is 79.5 Å². The molecule has 0 aliphatic heterocycles. The molecule has 1 heterocycles. The van der Waals surface area contributed by atoms with Crippen LogP contribution in [0.25, 0.3) is 0 Å². The Labute approximate surface area is 105 Å². The van der Waals surface area contributed by atoms with Crippen molar-refractivity contribution in [1.82, 2.24) is 5.32 Å². The maximum absolute atomic E-state index is 12.0. The van der Waals surface area contributed by atoms with Gasteiger partial charge in [-0.3, -0.25) is 4.79 Å².